The van der Waals surface area contributed by atoms with E-state index in [1.165, 1.54) is 0 Å². The van der Waals surface area contributed by atoms with Gasteiger partial charge in [0.05, 0.1) is 22.2 Å². The van der Waals surface area contributed by atoms with Crippen LogP contribution >= 0.6 is 11.3 Å². The highest BCUT2D eigenvalue weighted by atomic mass is 32.2. The van der Waals surface area contributed by atoms with E-state index in [1.54, 1.807) is 18.3 Å². The van der Waals surface area contributed by atoms with Gasteiger partial charge in [-0.1, -0.05) is 0 Å². The number of Topliss-reactive ketones (excluding diaryl/α,β-unsaturated/α-hetero) is 1. The maximum absolute atomic E-state index is 11.3. The number of thiazole rings is 1. The molecule has 0 atom stereocenters. The van der Waals surface area contributed by atoms with Gasteiger partial charge < -0.3 is 0 Å². The largest absolute Gasteiger partial charge is 0.300 e. The Hall–Kier alpha value is -0.750. The minimum absolute atomic E-state index is 0.121. The first kappa shape index (κ1) is 13.7. The minimum Gasteiger partial charge on any atom is -0.300 e. The number of hydrogen-bond acceptors (Lipinski definition) is 5. The Morgan fingerprint density at radius 2 is 2.11 bits per heavy atom. The highest BCUT2D eigenvalue weighted by molar-refractivity contribution is 7.91. The van der Waals surface area contributed by atoms with Crippen LogP contribution in [0.15, 0.2) is 5.38 Å². The molecule has 0 unspecified atom stereocenters. The zero-order valence-corrected chi connectivity index (χ0v) is 12.0. The third kappa shape index (κ3) is 3.88. The van der Waals surface area contributed by atoms with Crippen molar-refractivity contribution >= 4 is 27.0 Å². The first-order chi connectivity index (χ1) is 8.44. The molecule has 18 heavy (non-hydrogen) atoms. The number of sulfone groups is 1. The monoisotopic (exact) mass is 287 g/mol. The number of rotatable bonds is 4. The molecule has 1 aromatic rings. The topological polar surface area (TPSA) is 64.1 Å². The Morgan fingerprint density at radius 3 is 2.72 bits per heavy atom. The average molecular weight is 287 g/mol. The summed E-state index contributed by atoms with van der Waals surface area (Å²) in [6.07, 6.45) is 2.72. The highest BCUT2D eigenvalue weighted by Gasteiger charge is 2.24. The Labute approximate surface area is 111 Å². The Bertz CT molecular complexity index is 519. The summed E-state index contributed by atoms with van der Waals surface area (Å²) in [5.41, 5.74) is 0.839. The minimum atomic E-state index is -2.78. The molecule has 2 heterocycles. The van der Waals surface area contributed by atoms with Crippen LogP contribution in [-0.2, 0) is 27.5 Å². The molecule has 1 saturated heterocycles. The first-order valence-corrected chi connectivity index (χ1v) is 8.78. The van der Waals surface area contributed by atoms with Crippen molar-refractivity contribution in [3.63, 3.8) is 0 Å². The summed E-state index contributed by atoms with van der Waals surface area (Å²) in [5, 5.41) is 2.95. The van der Waals surface area contributed by atoms with Crippen molar-refractivity contribution in [2.24, 2.45) is 5.92 Å². The number of carbonyl (C=O) groups excluding carboxylic acids is 1. The molecule has 2 rings (SSSR count). The van der Waals surface area contributed by atoms with Gasteiger partial charge >= 0.3 is 0 Å². The molecule has 0 spiro atoms. The molecule has 4 nitrogen and oxygen atoms in total. The molecular weight excluding hydrogens is 270 g/mol. The van der Waals surface area contributed by atoms with Crippen molar-refractivity contribution in [3.8, 4) is 0 Å². The fourth-order valence-corrected chi connectivity index (χ4v) is 4.67. The lowest BCUT2D eigenvalue weighted by molar-refractivity contribution is -0.116. The third-order valence-electron chi connectivity index (χ3n) is 3.17. The van der Waals surface area contributed by atoms with E-state index in [2.05, 4.69) is 4.98 Å². The molecule has 0 N–H and O–H groups in total. The predicted molar refractivity (Wildman–Crippen MR) is 71.6 cm³/mol. The second-order valence-corrected chi connectivity index (χ2v) is 8.16. The van der Waals surface area contributed by atoms with Gasteiger partial charge in [0.15, 0.2) is 0 Å². The molecule has 1 fully saturated rings. The summed E-state index contributed by atoms with van der Waals surface area (Å²) < 4.78 is 22.6. The quantitative estimate of drug-likeness (QED) is 0.844. The lowest BCUT2D eigenvalue weighted by atomic mass is 9.99. The molecule has 0 amide bonds. The van der Waals surface area contributed by atoms with E-state index in [0.717, 1.165) is 30.0 Å². The molecule has 0 aliphatic carbocycles. The van der Waals surface area contributed by atoms with Crippen LogP contribution < -0.4 is 0 Å². The zero-order chi connectivity index (χ0) is 13.2. The van der Waals surface area contributed by atoms with Crippen LogP contribution in [0.1, 0.15) is 30.5 Å². The fourth-order valence-electron chi connectivity index (χ4n) is 2.17. The van der Waals surface area contributed by atoms with Crippen molar-refractivity contribution in [1.29, 1.82) is 0 Å². The number of aromatic nitrogens is 1. The summed E-state index contributed by atoms with van der Waals surface area (Å²) >= 11 is 1.57. The van der Waals surface area contributed by atoms with Gasteiger partial charge in [0.25, 0.3) is 0 Å². The van der Waals surface area contributed by atoms with Crippen molar-refractivity contribution in [2.75, 3.05) is 11.5 Å². The van der Waals surface area contributed by atoms with Crippen LogP contribution in [0.25, 0.3) is 0 Å². The highest BCUT2D eigenvalue weighted by Crippen LogP contribution is 2.24. The van der Waals surface area contributed by atoms with E-state index in [9.17, 15) is 13.2 Å². The summed E-state index contributed by atoms with van der Waals surface area (Å²) in [6.45, 7) is 1.56. The average Bonchev–Trinajstić information content (AvgIpc) is 2.68. The third-order valence-corrected chi connectivity index (χ3v) is 5.80. The summed E-state index contributed by atoms with van der Waals surface area (Å²) in [5.74, 6) is 1.16. The Kier molecular flexibility index (Phi) is 4.17. The molecule has 1 aromatic heterocycles. The van der Waals surface area contributed by atoms with E-state index < -0.39 is 9.84 Å². The SMILES string of the molecule is CC(=O)Cc1csc(CC2CCS(=O)(=O)CC2)n1. The molecule has 0 radical (unpaired) electrons. The molecule has 1 aliphatic heterocycles. The number of nitrogens with zero attached hydrogens (tertiary/aromatic N) is 1. The first-order valence-electron chi connectivity index (χ1n) is 6.08. The Morgan fingerprint density at radius 1 is 1.44 bits per heavy atom. The van der Waals surface area contributed by atoms with E-state index in [1.807, 2.05) is 5.38 Å². The summed E-state index contributed by atoms with van der Waals surface area (Å²) in [7, 11) is -2.78. The second kappa shape index (κ2) is 5.48. The maximum Gasteiger partial charge on any atom is 0.150 e. The normalized spacial score (nSPS) is 19.8. The van der Waals surface area contributed by atoms with Crippen LogP contribution in [0.3, 0.4) is 0 Å². The fraction of sp³-hybridized carbons (Fsp3) is 0.667. The lowest BCUT2D eigenvalue weighted by Crippen LogP contribution is -2.24. The van der Waals surface area contributed by atoms with Gasteiger partial charge in [0.1, 0.15) is 15.6 Å². The van der Waals surface area contributed by atoms with Crippen LogP contribution in [0.5, 0.6) is 0 Å². The molecule has 6 heteroatoms. The van der Waals surface area contributed by atoms with E-state index >= 15 is 0 Å². The molecule has 0 aromatic carbocycles. The number of ketones is 1. The van der Waals surface area contributed by atoms with Crippen LogP contribution in [-0.4, -0.2) is 30.7 Å². The van der Waals surface area contributed by atoms with Gasteiger partial charge in [-0.15, -0.1) is 11.3 Å². The molecule has 0 saturated carbocycles. The molecular formula is C12H17NO3S2. The standard InChI is InChI=1S/C12H17NO3S2/c1-9(14)6-11-8-17-12(13-11)7-10-2-4-18(15,16)5-3-10/h8,10H,2-7H2,1H3. The lowest BCUT2D eigenvalue weighted by Gasteiger charge is -2.20. The van der Waals surface area contributed by atoms with Gasteiger partial charge in [-0.05, 0) is 25.7 Å². The zero-order valence-electron chi connectivity index (χ0n) is 10.4. The van der Waals surface area contributed by atoms with Crippen molar-refractivity contribution in [1.82, 2.24) is 4.98 Å². The maximum atomic E-state index is 11.3. The molecule has 0 bridgehead atoms. The van der Waals surface area contributed by atoms with E-state index in [4.69, 9.17) is 0 Å². The van der Waals surface area contributed by atoms with Crippen molar-refractivity contribution in [2.45, 2.75) is 32.6 Å². The van der Waals surface area contributed by atoms with Gasteiger partial charge in [0.2, 0.25) is 0 Å². The predicted octanol–water partition coefficient (Wildman–Crippen LogP) is 1.64. The van der Waals surface area contributed by atoms with Crippen LogP contribution in [0.4, 0.5) is 0 Å². The number of hydrogen-bond donors (Lipinski definition) is 0. The molecule has 1 aliphatic rings. The van der Waals surface area contributed by atoms with Gasteiger partial charge in [-0.25, -0.2) is 13.4 Å². The van der Waals surface area contributed by atoms with Crippen LogP contribution in [0.2, 0.25) is 0 Å². The van der Waals surface area contributed by atoms with Gasteiger partial charge in [-0.2, -0.15) is 0 Å². The van der Waals surface area contributed by atoms with E-state index in [-0.39, 0.29) is 5.78 Å². The van der Waals surface area contributed by atoms with Crippen molar-refractivity contribution in [3.05, 3.63) is 16.1 Å². The molecule has 100 valence electrons. The van der Waals surface area contributed by atoms with Crippen LogP contribution in [0, 0.1) is 5.92 Å². The second-order valence-electron chi connectivity index (χ2n) is 4.91. The smallest absolute Gasteiger partial charge is 0.150 e. The Balaban J connectivity index is 1.90. The number of carbonyl (C=O) groups is 1. The van der Waals surface area contributed by atoms with E-state index in [0.29, 0.717) is 23.8 Å². The van der Waals surface area contributed by atoms with Gasteiger partial charge in [0, 0.05) is 18.2 Å². The van der Waals surface area contributed by atoms with Crippen molar-refractivity contribution < 1.29 is 13.2 Å². The summed E-state index contributed by atoms with van der Waals surface area (Å²) in [4.78, 5) is 15.4. The summed E-state index contributed by atoms with van der Waals surface area (Å²) in [6, 6.07) is 0. The van der Waals surface area contributed by atoms with Gasteiger partial charge in [-0.3, -0.25) is 4.79 Å².